The van der Waals surface area contributed by atoms with E-state index in [0.717, 1.165) is 38.4 Å². The fourth-order valence-electron chi connectivity index (χ4n) is 2.73. The van der Waals surface area contributed by atoms with Gasteiger partial charge >= 0.3 is 0 Å². The van der Waals surface area contributed by atoms with Crippen molar-refractivity contribution in [3.05, 3.63) is 17.0 Å². The van der Waals surface area contributed by atoms with Crippen LogP contribution in [0.1, 0.15) is 17.0 Å². The van der Waals surface area contributed by atoms with E-state index >= 15 is 0 Å². The molecule has 18 heavy (non-hydrogen) atoms. The molecule has 102 valence electrons. The van der Waals surface area contributed by atoms with E-state index in [1.54, 1.807) is 0 Å². The van der Waals surface area contributed by atoms with Crippen LogP contribution in [0.2, 0.25) is 0 Å². The SMILES string of the molecule is Cc1nn(C)c(C)c1CN1CCN(C)CC1CN. The summed E-state index contributed by atoms with van der Waals surface area (Å²) in [4.78, 5) is 4.86. The fourth-order valence-corrected chi connectivity index (χ4v) is 2.73. The highest BCUT2D eigenvalue weighted by Gasteiger charge is 2.25. The molecule has 0 bridgehead atoms. The molecule has 1 aliphatic rings. The monoisotopic (exact) mass is 251 g/mol. The van der Waals surface area contributed by atoms with Crippen LogP contribution in [0.15, 0.2) is 0 Å². The summed E-state index contributed by atoms with van der Waals surface area (Å²) in [6.07, 6.45) is 0. The lowest BCUT2D eigenvalue weighted by Crippen LogP contribution is -2.54. The summed E-state index contributed by atoms with van der Waals surface area (Å²) in [5.74, 6) is 0. The first-order chi connectivity index (χ1) is 8.52. The average molecular weight is 251 g/mol. The summed E-state index contributed by atoms with van der Waals surface area (Å²) in [6, 6.07) is 0.461. The quantitative estimate of drug-likeness (QED) is 0.828. The molecule has 5 nitrogen and oxygen atoms in total. The van der Waals surface area contributed by atoms with E-state index in [1.807, 2.05) is 11.7 Å². The zero-order valence-corrected chi connectivity index (χ0v) is 12.0. The van der Waals surface area contributed by atoms with Gasteiger partial charge in [-0.1, -0.05) is 0 Å². The van der Waals surface area contributed by atoms with Gasteiger partial charge in [-0.15, -0.1) is 0 Å². The summed E-state index contributed by atoms with van der Waals surface area (Å²) < 4.78 is 1.97. The number of hydrogen-bond donors (Lipinski definition) is 1. The van der Waals surface area contributed by atoms with Crippen molar-refractivity contribution in [2.75, 3.05) is 33.2 Å². The smallest absolute Gasteiger partial charge is 0.0641 e. The number of rotatable bonds is 3. The van der Waals surface area contributed by atoms with Crippen molar-refractivity contribution in [1.82, 2.24) is 19.6 Å². The number of likely N-dealkylation sites (N-methyl/N-ethyl adjacent to an activating group) is 1. The van der Waals surface area contributed by atoms with Gasteiger partial charge in [0.25, 0.3) is 0 Å². The summed E-state index contributed by atoms with van der Waals surface area (Å²) in [5, 5.41) is 4.49. The van der Waals surface area contributed by atoms with Gasteiger partial charge in [-0.3, -0.25) is 9.58 Å². The molecule has 1 saturated heterocycles. The van der Waals surface area contributed by atoms with E-state index in [4.69, 9.17) is 5.73 Å². The highest BCUT2D eigenvalue weighted by atomic mass is 15.3. The van der Waals surface area contributed by atoms with E-state index in [1.165, 1.54) is 11.3 Å². The second-order valence-electron chi connectivity index (χ2n) is 5.40. The van der Waals surface area contributed by atoms with Crippen LogP contribution in [0.25, 0.3) is 0 Å². The maximum Gasteiger partial charge on any atom is 0.0641 e. The van der Waals surface area contributed by atoms with Gasteiger partial charge in [-0.25, -0.2) is 0 Å². The number of nitrogens with zero attached hydrogens (tertiary/aromatic N) is 4. The molecule has 1 fully saturated rings. The third-order valence-electron chi connectivity index (χ3n) is 4.10. The Balaban J connectivity index is 2.12. The summed E-state index contributed by atoms with van der Waals surface area (Å²) >= 11 is 0. The molecule has 1 aliphatic heterocycles. The molecule has 2 heterocycles. The van der Waals surface area contributed by atoms with Crippen LogP contribution in [0.4, 0.5) is 0 Å². The molecule has 0 aliphatic carbocycles. The Morgan fingerprint density at radius 3 is 2.56 bits per heavy atom. The van der Waals surface area contributed by atoms with Crippen LogP contribution in [0.5, 0.6) is 0 Å². The second kappa shape index (κ2) is 5.38. The maximum atomic E-state index is 5.90. The molecule has 0 spiro atoms. The Hall–Kier alpha value is -0.910. The van der Waals surface area contributed by atoms with Gasteiger partial charge in [0.05, 0.1) is 5.69 Å². The first-order valence-electron chi connectivity index (χ1n) is 6.64. The standard InChI is InChI=1S/C13H25N5/c1-10-13(11(2)17(4)15-10)9-18-6-5-16(3)8-12(18)7-14/h12H,5-9,14H2,1-4H3. The highest BCUT2D eigenvalue weighted by Crippen LogP contribution is 2.18. The maximum absolute atomic E-state index is 5.90. The molecule has 0 amide bonds. The highest BCUT2D eigenvalue weighted by molar-refractivity contribution is 5.24. The molecule has 0 radical (unpaired) electrons. The van der Waals surface area contributed by atoms with Crippen LogP contribution < -0.4 is 5.73 Å². The Morgan fingerprint density at radius 2 is 2.00 bits per heavy atom. The van der Waals surface area contributed by atoms with Crippen molar-refractivity contribution in [3.8, 4) is 0 Å². The van der Waals surface area contributed by atoms with Crippen molar-refractivity contribution >= 4 is 0 Å². The molecule has 1 aromatic heterocycles. The van der Waals surface area contributed by atoms with Crippen LogP contribution in [0.3, 0.4) is 0 Å². The van der Waals surface area contributed by atoms with E-state index < -0.39 is 0 Å². The number of aryl methyl sites for hydroxylation is 2. The largest absolute Gasteiger partial charge is 0.329 e. The number of hydrogen-bond acceptors (Lipinski definition) is 4. The Bertz CT molecular complexity index is 412. The van der Waals surface area contributed by atoms with Crippen molar-refractivity contribution in [2.24, 2.45) is 12.8 Å². The molecule has 0 aromatic carbocycles. The van der Waals surface area contributed by atoms with Crippen LogP contribution in [0, 0.1) is 13.8 Å². The lowest BCUT2D eigenvalue weighted by molar-refractivity contribution is 0.0877. The van der Waals surface area contributed by atoms with Gasteiger partial charge in [0.15, 0.2) is 0 Å². The van der Waals surface area contributed by atoms with Gasteiger partial charge in [-0.05, 0) is 20.9 Å². The third-order valence-corrected chi connectivity index (χ3v) is 4.10. The normalized spacial score (nSPS) is 22.6. The summed E-state index contributed by atoms with van der Waals surface area (Å²) in [5.41, 5.74) is 9.67. The van der Waals surface area contributed by atoms with Crippen molar-refractivity contribution in [3.63, 3.8) is 0 Å². The summed E-state index contributed by atoms with van der Waals surface area (Å²) in [6.45, 7) is 9.21. The van der Waals surface area contributed by atoms with Gasteiger partial charge in [0.1, 0.15) is 0 Å². The molecule has 1 aromatic rings. The number of nitrogens with two attached hydrogens (primary N) is 1. The van der Waals surface area contributed by atoms with Crippen molar-refractivity contribution < 1.29 is 0 Å². The molecular weight excluding hydrogens is 226 g/mol. The second-order valence-corrected chi connectivity index (χ2v) is 5.40. The lowest BCUT2D eigenvalue weighted by atomic mass is 10.1. The van der Waals surface area contributed by atoms with Gasteiger partial charge in [0, 0.05) is 57.1 Å². The fraction of sp³-hybridized carbons (Fsp3) is 0.769. The minimum absolute atomic E-state index is 0.461. The van der Waals surface area contributed by atoms with E-state index in [0.29, 0.717) is 6.04 Å². The Morgan fingerprint density at radius 1 is 1.28 bits per heavy atom. The first kappa shape index (κ1) is 13.5. The third kappa shape index (κ3) is 2.58. The number of piperazine rings is 1. The van der Waals surface area contributed by atoms with Crippen molar-refractivity contribution in [2.45, 2.75) is 26.4 Å². The molecule has 5 heteroatoms. The number of aromatic nitrogens is 2. The zero-order valence-electron chi connectivity index (χ0n) is 12.0. The zero-order chi connectivity index (χ0) is 13.3. The Labute approximate surface area is 110 Å². The molecule has 2 N–H and O–H groups in total. The van der Waals surface area contributed by atoms with Gasteiger partial charge < -0.3 is 10.6 Å². The van der Waals surface area contributed by atoms with Crippen LogP contribution >= 0.6 is 0 Å². The minimum atomic E-state index is 0.461. The van der Waals surface area contributed by atoms with Crippen molar-refractivity contribution in [1.29, 1.82) is 0 Å². The van der Waals surface area contributed by atoms with Crippen LogP contribution in [-0.4, -0.2) is 58.8 Å². The first-order valence-corrected chi connectivity index (χ1v) is 6.64. The topological polar surface area (TPSA) is 50.3 Å². The molecule has 1 atom stereocenters. The minimum Gasteiger partial charge on any atom is -0.329 e. The molecule has 0 saturated carbocycles. The van der Waals surface area contributed by atoms with Crippen LogP contribution in [-0.2, 0) is 13.6 Å². The predicted octanol–water partition coefficient (Wildman–Crippen LogP) is 0.112. The van der Waals surface area contributed by atoms with Gasteiger partial charge in [-0.2, -0.15) is 5.10 Å². The average Bonchev–Trinajstić information content (AvgIpc) is 2.58. The van der Waals surface area contributed by atoms with E-state index in [-0.39, 0.29) is 0 Å². The van der Waals surface area contributed by atoms with E-state index in [2.05, 4.69) is 35.8 Å². The Kier molecular flexibility index (Phi) is 4.04. The predicted molar refractivity (Wildman–Crippen MR) is 73.4 cm³/mol. The van der Waals surface area contributed by atoms with Gasteiger partial charge in [0.2, 0.25) is 0 Å². The molecular formula is C13H25N5. The lowest BCUT2D eigenvalue weighted by Gasteiger charge is -2.39. The summed E-state index contributed by atoms with van der Waals surface area (Å²) in [7, 11) is 4.18. The molecule has 2 rings (SSSR count). The molecule has 1 unspecified atom stereocenters. The van der Waals surface area contributed by atoms with E-state index in [9.17, 15) is 0 Å².